The number of anilines is 3. The van der Waals surface area contributed by atoms with Crippen molar-refractivity contribution < 1.29 is 63.2 Å². The van der Waals surface area contributed by atoms with Crippen LogP contribution in [-0.4, -0.2) is 89.8 Å². The lowest BCUT2D eigenvalue weighted by molar-refractivity contribution is -0.119. The third-order valence-electron chi connectivity index (χ3n) is 11.6. The molecule has 0 saturated heterocycles. The number of carboxylic acids is 3. The zero-order valence-corrected chi connectivity index (χ0v) is 49.1. The number of aromatic carboxylic acids is 3. The smallest absolute Gasteiger partial charge is 0.336 e. The molecule has 6 amide bonds. The summed E-state index contributed by atoms with van der Waals surface area (Å²) in [6, 6.07) is 56.2. The molecule has 8 aromatic rings. The van der Waals surface area contributed by atoms with Crippen LogP contribution in [0.3, 0.4) is 0 Å². The number of carbonyl (C=O) groups is 9. The third-order valence-corrected chi connectivity index (χ3v) is 11.6. The number of ether oxygens (including phenoxy) is 1. The number of carboxylic acid groups (broad SMARTS) is 3. The Kier molecular flexibility index (Phi) is 29.1. The van der Waals surface area contributed by atoms with Gasteiger partial charge in [0.05, 0.1) is 33.4 Å². The summed E-state index contributed by atoms with van der Waals surface area (Å²) in [7, 11) is 4.80. The van der Waals surface area contributed by atoms with E-state index in [0.29, 0.717) is 22.8 Å². The molecule has 0 heterocycles. The van der Waals surface area contributed by atoms with Crippen LogP contribution in [0, 0.1) is 20.8 Å². The molecule has 0 aliphatic carbocycles. The van der Waals surface area contributed by atoms with E-state index in [9.17, 15) is 53.4 Å². The zero-order valence-electron chi connectivity index (χ0n) is 49.1. The summed E-state index contributed by atoms with van der Waals surface area (Å²) in [6.07, 6.45) is 0.816. The van der Waals surface area contributed by atoms with Crippen LogP contribution in [0.5, 0.6) is 11.5 Å². The van der Waals surface area contributed by atoms with Gasteiger partial charge in [-0.3, -0.25) is 28.8 Å². The summed E-state index contributed by atoms with van der Waals surface area (Å²) >= 11 is 0. The van der Waals surface area contributed by atoms with Gasteiger partial charge < -0.3 is 52.0 Å². The Bertz CT molecular complexity index is 3380. The van der Waals surface area contributed by atoms with E-state index in [1.54, 1.807) is 87.9 Å². The molecule has 19 nitrogen and oxygen atoms in total. The number of amides is 6. The van der Waals surface area contributed by atoms with Gasteiger partial charge in [0, 0.05) is 59.0 Å². The van der Waals surface area contributed by atoms with Crippen molar-refractivity contribution in [3.05, 3.63) is 255 Å². The van der Waals surface area contributed by atoms with Gasteiger partial charge >= 0.3 is 17.9 Å². The standard InChI is InChI=1S/C22H19NO3.C21H17NO4.C15H13NO3.3C3H7NO/c1-15-6-8-16(9-7-15)14-17-10-12-18(13-11-17)23-21(24)19-4-2-3-5-20(19)22(25)26;1-14-6-10-16(11-7-14)26-17-12-8-15(9-13-17)22-20(23)18-4-2-3-5-19(18)21(24)25;1-10-5-4-6-11(9-10)16-14(17)12-7-2-3-8-13(12)15(18)19;3*1-3(5)4-2/h2-13H,14H2,1H3,(H,23,24)(H,25,26);2-13H,1H3,(H,22,23)(H,24,25);2-9H,1H3,(H,16,17)(H,18,19);3*1-2H3,(H,4,5). The highest BCUT2D eigenvalue weighted by molar-refractivity contribution is 6.12. The Morgan fingerprint density at radius 2 is 0.616 bits per heavy atom. The largest absolute Gasteiger partial charge is 0.478 e. The van der Waals surface area contributed by atoms with E-state index >= 15 is 0 Å². The topological polar surface area (TPSA) is 296 Å². The van der Waals surface area contributed by atoms with Crippen molar-refractivity contribution >= 4 is 70.4 Å². The minimum absolute atomic E-state index is 0.00463. The lowest BCUT2D eigenvalue weighted by atomic mass is 10.0. The second kappa shape index (κ2) is 36.3. The van der Waals surface area contributed by atoms with Gasteiger partial charge in [-0.1, -0.05) is 108 Å². The van der Waals surface area contributed by atoms with Crippen LogP contribution in [0.15, 0.2) is 194 Å². The first-order chi connectivity index (χ1) is 40.9. The summed E-state index contributed by atoms with van der Waals surface area (Å²) in [4.78, 5) is 99.4. The molecule has 0 radical (unpaired) electrons. The van der Waals surface area contributed by atoms with Crippen LogP contribution in [0.2, 0.25) is 0 Å². The number of benzene rings is 8. The van der Waals surface area contributed by atoms with Gasteiger partial charge in [0.15, 0.2) is 0 Å². The highest BCUT2D eigenvalue weighted by Crippen LogP contribution is 2.24. The summed E-state index contributed by atoms with van der Waals surface area (Å²) in [6.45, 7) is 10.4. The van der Waals surface area contributed by atoms with E-state index < -0.39 is 35.6 Å². The molecule has 0 aromatic heterocycles. The number of hydrogen-bond acceptors (Lipinski definition) is 10. The highest BCUT2D eigenvalue weighted by Gasteiger charge is 2.18. The maximum absolute atomic E-state index is 12.4. The molecule has 0 aliphatic rings. The van der Waals surface area contributed by atoms with Crippen molar-refractivity contribution in [1.82, 2.24) is 16.0 Å². The SMILES string of the molecule is CNC(C)=O.CNC(C)=O.CNC(C)=O.Cc1ccc(Cc2ccc(NC(=O)c3ccccc3C(=O)O)cc2)cc1.Cc1ccc(Oc2ccc(NC(=O)c3ccccc3C(=O)O)cc2)cc1.Cc1cccc(NC(=O)c2ccccc2C(=O)O)c1. The van der Waals surface area contributed by atoms with Crippen molar-refractivity contribution in [2.24, 2.45) is 0 Å². The van der Waals surface area contributed by atoms with Crippen LogP contribution in [-0.2, 0) is 20.8 Å². The Morgan fingerprint density at radius 1 is 0.337 bits per heavy atom. The van der Waals surface area contributed by atoms with Gasteiger partial charge in [0.1, 0.15) is 11.5 Å². The van der Waals surface area contributed by atoms with E-state index in [1.807, 2.05) is 80.6 Å². The van der Waals surface area contributed by atoms with E-state index in [0.717, 1.165) is 28.9 Å². The minimum atomic E-state index is -1.14. The fourth-order valence-corrected chi connectivity index (χ4v) is 6.92. The second-order valence-corrected chi connectivity index (χ2v) is 18.5. The highest BCUT2D eigenvalue weighted by atomic mass is 16.5. The van der Waals surface area contributed by atoms with Gasteiger partial charge in [-0.05, 0) is 141 Å². The molecule has 0 spiro atoms. The van der Waals surface area contributed by atoms with Gasteiger partial charge in [-0.25, -0.2) is 14.4 Å². The first-order valence-electron chi connectivity index (χ1n) is 26.5. The third kappa shape index (κ3) is 25.3. The van der Waals surface area contributed by atoms with E-state index in [1.165, 1.54) is 68.3 Å². The van der Waals surface area contributed by atoms with Crippen molar-refractivity contribution in [3.8, 4) is 11.5 Å². The lowest BCUT2D eigenvalue weighted by Crippen LogP contribution is -2.16. The van der Waals surface area contributed by atoms with E-state index in [-0.39, 0.29) is 51.1 Å². The Balaban J connectivity index is 0.000000304. The number of carbonyl (C=O) groups excluding carboxylic acids is 6. The predicted octanol–water partition coefficient (Wildman–Crippen LogP) is 11.5. The minimum Gasteiger partial charge on any atom is -0.478 e. The van der Waals surface area contributed by atoms with Gasteiger partial charge in [0.2, 0.25) is 17.7 Å². The summed E-state index contributed by atoms with van der Waals surface area (Å²) < 4.78 is 5.74. The van der Waals surface area contributed by atoms with Crippen LogP contribution in [0.25, 0.3) is 0 Å². The molecular weight excluding hydrogens is 1100 g/mol. The fraction of sp³-hybridized carbons (Fsp3) is 0.149. The average molecular weight is 1170 g/mol. The Hall–Kier alpha value is -11.2. The number of hydrogen-bond donors (Lipinski definition) is 9. The molecule has 0 fully saturated rings. The van der Waals surface area contributed by atoms with Gasteiger partial charge in [0.25, 0.3) is 17.7 Å². The number of aryl methyl sites for hydroxylation is 3. The lowest BCUT2D eigenvalue weighted by Gasteiger charge is -2.09. The quantitative estimate of drug-likeness (QED) is 0.0520. The summed E-state index contributed by atoms with van der Waals surface area (Å²) in [5.74, 6) is -3.34. The fourth-order valence-electron chi connectivity index (χ4n) is 6.92. The first-order valence-corrected chi connectivity index (χ1v) is 26.5. The monoisotopic (exact) mass is 1170 g/mol. The summed E-state index contributed by atoms with van der Waals surface area (Å²) in [5.41, 5.74) is 7.92. The number of rotatable bonds is 13. The van der Waals surface area contributed by atoms with Gasteiger partial charge in [-0.2, -0.15) is 0 Å². The maximum atomic E-state index is 12.4. The molecule has 8 rings (SSSR count). The average Bonchev–Trinajstić information content (AvgIpc) is 3.58. The summed E-state index contributed by atoms with van der Waals surface area (Å²) in [5, 5.41) is 42.7. The Labute approximate surface area is 499 Å². The molecule has 0 aliphatic heterocycles. The zero-order chi connectivity index (χ0) is 63.7. The van der Waals surface area contributed by atoms with E-state index in [4.69, 9.17) is 9.84 Å². The van der Waals surface area contributed by atoms with Crippen molar-refractivity contribution in [2.45, 2.75) is 48.0 Å². The van der Waals surface area contributed by atoms with E-state index in [2.05, 4.69) is 63.1 Å². The van der Waals surface area contributed by atoms with Crippen LogP contribution < -0.4 is 36.6 Å². The molecule has 19 heteroatoms. The molecule has 0 bridgehead atoms. The molecule has 0 atom stereocenters. The van der Waals surface area contributed by atoms with Crippen LogP contribution >= 0.6 is 0 Å². The van der Waals surface area contributed by atoms with Gasteiger partial charge in [-0.15, -0.1) is 0 Å². The van der Waals surface area contributed by atoms with Crippen LogP contribution in [0.1, 0.15) is 111 Å². The van der Waals surface area contributed by atoms with Crippen molar-refractivity contribution in [2.75, 3.05) is 37.1 Å². The molecule has 0 saturated carbocycles. The maximum Gasteiger partial charge on any atom is 0.336 e. The van der Waals surface area contributed by atoms with Crippen molar-refractivity contribution in [3.63, 3.8) is 0 Å². The Morgan fingerprint density at radius 3 is 0.930 bits per heavy atom. The molecule has 86 heavy (non-hydrogen) atoms. The normalized spacial score (nSPS) is 9.59. The molecule has 446 valence electrons. The molecule has 8 aromatic carbocycles. The number of nitrogens with one attached hydrogen (secondary N) is 6. The molecular formula is C67H70N6O13. The van der Waals surface area contributed by atoms with Crippen LogP contribution in [0.4, 0.5) is 17.1 Å². The predicted molar refractivity (Wildman–Crippen MR) is 333 cm³/mol. The molecule has 0 unspecified atom stereocenters. The second-order valence-electron chi connectivity index (χ2n) is 18.5. The first kappa shape index (κ1) is 69.1. The van der Waals surface area contributed by atoms with Crippen molar-refractivity contribution in [1.29, 1.82) is 0 Å². The molecule has 9 N–H and O–H groups in total.